The number of nitrogens with zero attached hydrogens (tertiary/aromatic N) is 1. The van der Waals surface area contributed by atoms with Crippen molar-refractivity contribution in [1.82, 2.24) is 10.2 Å². The first-order chi connectivity index (χ1) is 11.3. The summed E-state index contributed by atoms with van der Waals surface area (Å²) in [6, 6.07) is 9.08. The minimum atomic E-state index is -3.98. The Labute approximate surface area is 140 Å². The minimum Gasteiger partial charge on any atom is -0.377 e. The molecule has 0 bridgehead atoms. The number of hydrogen-bond donors (Lipinski definition) is 4. The lowest BCUT2D eigenvalue weighted by molar-refractivity contribution is -0.130. The summed E-state index contributed by atoms with van der Waals surface area (Å²) in [4.78, 5) is 13.3. The van der Waals surface area contributed by atoms with Crippen molar-refractivity contribution in [1.29, 1.82) is 0 Å². The van der Waals surface area contributed by atoms with Crippen LogP contribution >= 0.6 is 0 Å². The fraction of sp³-hybridized carbons (Fsp3) is 0.267. The van der Waals surface area contributed by atoms with Crippen molar-refractivity contribution >= 4 is 32.4 Å². The van der Waals surface area contributed by atoms with Crippen LogP contribution in [-0.4, -0.2) is 46.2 Å². The molecule has 9 heteroatoms. The van der Waals surface area contributed by atoms with Crippen molar-refractivity contribution in [2.75, 3.05) is 25.5 Å². The van der Waals surface area contributed by atoms with Gasteiger partial charge in [0, 0.05) is 31.7 Å². The molecule has 1 amide bonds. The molecule has 1 unspecified atom stereocenters. The summed E-state index contributed by atoms with van der Waals surface area (Å²) in [5.74, 6) is -0.921. The number of nitrogens with two attached hydrogens (primary N) is 1. The molecule has 8 nitrogen and oxygen atoms in total. The highest BCUT2D eigenvalue weighted by Crippen LogP contribution is 2.27. The molecule has 0 fully saturated rings. The highest BCUT2D eigenvalue weighted by atomic mass is 32.2. The normalized spacial score (nSPS) is 12.8. The maximum absolute atomic E-state index is 12.5. The van der Waals surface area contributed by atoms with Crippen LogP contribution in [0.5, 0.6) is 0 Å². The third-order valence-electron chi connectivity index (χ3n) is 3.58. The molecule has 0 saturated carbocycles. The molecule has 0 aromatic heterocycles. The van der Waals surface area contributed by atoms with Crippen molar-refractivity contribution in [3.63, 3.8) is 0 Å². The smallest absolute Gasteiger partial charge is 0.262 e. The van der Waals surface area contributed by atoms with Gasteiger partial charge in [-0.3, -0.25) is 10.0 Å². The van der Waals surface area contributed by atoms with Crippen molar-refractivity contribution in [2.45, 2.75) is 10.9 Å². The van der Waals surface area contributed by atoms with E-state index in [0.717, 1.165) is 16.5 Å². The van der Waals surface area contributed by atoms with Crippen molar-refractivity contribution in [3.8, 4) is 0 Å². The van der Waals surface area contributed by atoms with Crippen LogP contribution in [0.25, 0.3) is 10.8 Å². The van der Waals surface area contributed by atoms with Gasteiger partial charge in [-0.15, -0.1) is 0 Å². The second kappa shape index (κ2) is 7.14. The largest absolute Gasteiger partial charge is 0.377 e. The summed E-state index contributed by atoms with van der Waals surface area (Å²) in [7, 11) is -0.250. The van der Waals surface area contributed by atoms with Gasteiger partial charge in [0.1, 0.15) is 6.04 Å². The van der Waals surface area contributed by atoms with Gasteiger partial charge in [-0.05, 0) is 23.6 Å². The van der Waals surface area contributed by atoms with Crippen LogP contribution in [0.15, 0.2) is 41.3 Å². The van der Waals surface area contributed by atoms with E-state index in [0.29, 0.717) is 0 Å². The summed E-state index contributed by atoms with van der Waals surface area (Å²) in [6.45, 7) is -0.290. The van der Waals surface area contributed by atoms with Crippen LogP contribution in [0.4, 0.5) is 5.69 Å². The lowest BCUT2D eigenvalue weighted by Crippen LogP contribution is -2.49. The molecule has 0 heterocycles. The van der Waals surface area contributed by atoms with Gasteiger partial charge in [0.2, 0.25) is 10.0 Å². The van der Waals surface area contributed by atoms with E-state index in [4.69, 9.17) is 10.9 Å². The van der Waals surface area contributed by atoms with Crippen LogP contribution in [0, 0.1) is 0 Å². The van der Waals surface area contributed by atoms with E-state index in [2.05, 4.69) is 4.72 Å². The van der Waals surface area contributed by atoms with Gasteiger partial charge < -0.3 is 10.6 Å². The van der Waals surface area contributed by atoms with Gasteiger partial charge in [-0.25, -0.2) is 13.9 Å². The van der Waals surface area contributed by atoms with E-state index < -0.39 is 22.0 Å². The fourth-order valence-corrected chi connectivity index (χ4v) is 3.57. The number of nitrogens with one attached hydrogen (secondary N) is 2. The molecule has 0 spiro atoms. The Balaban J connectivity index is 2.47. The first kappa shape index (κ1) is 18.1. The zero-order chi connectivity index (χ0) is 17.9. The Bertz CT molecular complexity index is 852. The average Bonchev–Trinajstić information content (AvgIpc) is 2.57. The predicted octanol–water partition coefficient (Wildman–Crippen LogP) is 0.0168. The van der Waals surface area contributed by atoms with Crippen LogP contribution < -0.4 is 20.8 Å². The average molecular weight is 352 g/mol. The van der Waals surface area contributed by atoms with E-state index in [1.54, 1.807) is 6.07 Å². The highest BCUT2D eigenvalue weighted by molar-refractivity contribution is 7.89. The van der Waals surface area contributed by atoms with Crippen LogP contribution in [0.3, 0.4) is 0 Å². The standard InChI is InChI=1S/C15H20N4O4S/c1-19(2)14-5-3-4-10-6-7-11(8-12(10)14)24(22,23)18-13(9-16)15(20)17-21/h3-8,13,18,21H,9,16H2,1-2H3,(H,17,20). The van der Waals surface area contributed by atoms with Gasteiger partial charge in [-0.2, -0.15) is 4.72 Å². The van der Waals surface area contributed by atoms with Crippen molar-refractivity contribution in [3.05, 3.63) is 36.4 Å². The predicted molar refractivity (Wildman–Crippen MR) is 91.4 cm³/mol. The number of sulfonamides is 1. The van der Waals surface area contributed by atoms with E-state index in [9.17, 15) is 13.2 Å². The second-order valence-corrected chi connectivity index (χ2v) is 7.15. The summed E-state index contributed by atoms with van der Waals surface area (Å²) in [6.07, 6.45) is 0. The SMILES string of the molecule is CN(C)c1cccc2ccc(S(=O)(=O)NC(CN)C(=O)NO)cc12. The lowest BCUT2D eigenvalue weighted by Gasteiger charge is -2.17. The molecule has 2 aromatic rings. The molecule has 2 aromatic carbocycles. The summed E-state index contributed by atoms with van der Waals surface area (Å²) in [5, 5.41) is 10.3. The Kier molecular flexibility index (Phi) is 5.40. The molecule has 1 atom stereocenters. The highest BCUT2D eigenvalue weighted by Gasteiger charge is 2.24. The second-order valence-electron chi connectivity index (χ2n) is 5.44. The zero-order valence-electron chi connectivity index (χ0n) is 13.4. The van der Waals surface area contributed by atoms with E-state index in [1.165, 1.54) is 17.6 Å². The lowest BCUT2D eigenvalue weighted by atomic mass is 10.1. The maximum Gasteiger partial charge on any atom is 0.262 e. The number of hydrogen-bond acceptors (Lipinski definition) is 6. The van der Waals surface area contributed by atoms with E-state index in [1.807, 2.05) is 37.2 Å². The van der Waals surface area contributed by atoms with Crippen molar-refractivity contribution < 1.29 is 18.4 Å². The zero-order valence-corrected chi connectivity index (χ0v) is 14.2. The Morgan fingerprint density at radius 1 is 1.29 bits per heavy atom. The Morgan fingerprint density at radius 3 is 2.58 bits per heavy atom. The number of fused-ring (bicyclic) bond motifs is 1. The number of rotatable bonds is 6. The maximum atomic E-state index is 12.5. The fourth-order valence-electron chi connectivity index (χ4n) is 2.33. The molecule has 5 N–H and O–H groups in total. The Hall–Kier alpha value is -2.20. The number of carbonyl (C=O) groups excluding carboxylic acids is 1. The molecule has 0 saturated heterocycles. The number of amides is 1. The quantitative estimate of drug-likeness (QED) is 0.429. The molecule has 0 aliphatic heterocycles. The first-order valence-corrected chi connectivity index (χ1v) is 8.65. The number of benzene rings is 2. The molecule has 0 radical (unpaired) electrons. The van der Waals surface area contributed by atoms with E-state index >= 15 is 0 Å². The van der Waals surface area contributed by atoms with Crippen molar-refractivity contribution in [2.24, 2.45) is 5.73 Å². The van der Waals surface area contributed by atoms with Gasteiger partial charge in [-0.1, -0.05) is 18.2 Å². The summed E-state index contributed by atoms with van der Waals surface area (Å²) in [5.41, 5.74) is 7.64. The number of hydroxylamine groups is 1. The van der Waals surface area contributed by atoms with Gasteiger partial charge in [0.25, 0.3) is 5.91 Å². The molecule has 24 heavy (non-hydrogen) atoms. The molecule has 0 aliphatic rings. The summed E-state index contributed by atoms with van der Waals surface area (Å²) < 4.78 is 27.2. The van der Waals surface area contributed by atoms with Gasteiger partial charge >= 0.3 is 0 Å². The third-order valence-corrected chi connectivity index (χ3v) is 5.05. The van der Waals surface area contributed by atoms with Crippen LogP contribution in [-0.2, 0) is 14.8 Å². The minimum absolute atomic E-state index is 0.00786. The van der Waals surface area contributed by atoms with Gasteiger partial charge in [0.15, 0.2) is 0 Å². The summed E-state index contributed by atoms with van der Waals surface area (Å²) >= 11 is 0. The molecule has 2 rings (SSSR count). The topological polar surface area (TPSA) is 125 Å². The Morgan fingerprint density at radius 2 is 2.00 bits per heavy atom. The molecular formula is C15H20N4O4S. The number of anilines is 1. The molecule has 0 aliphatic carbocycles. The van der Waals surface area contributed by atoms with Crippen LogP contribution in [0.1, 0.15) is 0 Å². The van der Waals surface area contributed by atoms with Crippen LogP contribution in [0.2, 0.25) is 0 Å². The third kappa shape index (κ3) is 3.65. The first-order valence-electron chi connectivity index (χ1n) is 7.16. The molecular weight excluding hydrogens is 332 g/mol. The number of carbonyl (C=O) groups is 1. The molecule has 130 valence electrons. The van der Waals surface area contributed by atoms with Gasteiger partial charge in [0.05, 0.1) is 4.90 Å². The monoisotopic (exact) mass is 352 g/mol. The van der Waals surface area contributed by atoms with E-state index in [-0.39, 0.29) is 11.4 Å².